The van der Waals surface area contributed by atoms with Crippen LogP contribution >= 0.6 is 22.6 Å². The Morgan fingerprint density at radius 3 is 2.50 bits per heavy atom. The number of phenolic OH excluding ortho intramolecular Hbond substituents is 1. The molecule has 8 rings (SSSR count). The van der Waals surface area contributed by atoms with Crippen LogP contribution in [0.2, 0.25) is 0 Å². The standard InChI is InChI=1S/C29H41NO4.CH3I/c1-25(2,3)26(4,32)20-15-27-10-11-29(20,33-5)24-28(27)12-13-30(16-17-6-7-17)21(27)14-18-8-9-19(31)23(34-24)22(18)28;1-2/h8-9,17,20-21,24,31-32H,6-7,10-16H2,1-5H3;1H3/t20-,21-,24-,26+,27-,28+,29+;/m1./s1. The van der Waals surface area contributed by atoms with Gasteiger partial charge in [-0.3, -0.25) is 4.90 Å². The number of phenols is 1. The van der Waals surface area contributed by atoms with Gasteiger partial charge in [-0.25, -0.2) is 0 Å². The molecule has 2 heterocycles. The second-order valence-corrected chi connectivity index (χ2v) is 13.8. The lowest BCUT2D eigenvalue weighted by molar-refractivity contribution is -0.312. The molecule has 1 aromatic carbocycles. The number of hydrogen-bond acceptors (Lipinski definition) is 5. The third-order valence-corrected chi connectivity index (χ3v) is 11.9. The Balaban J connectivity index is 0.00000117. The van der Waals surface area contributed by atoms with Crippen molar-refractivity contribution in [2.75, 3.05) is 25.1 Å². The number of piperidine rings is 1. The minimum Gasteiger partial charge on any atom is -0.504 e. The first kappa shape index (κ1) is 25.7. The van der Waals surface area contributed by atoms with E-state index in [1.165, 1.54) is 30.5 Å². The highest BCUT2D eigenvalue weighted by Crippen LogP contribution is 2.78. The van der Waals surface area contributed by atoms with E-state index in [4.69, 9.17) is 9.47 Å². The molecule has 36 heavy (non-hydrogen) atoms. The molecule has 4 bridgehead atoms. The van der Waals surface area contributed by atoms with Crippen LogP contribution in [0, 0.1) is 22.7 Å². The fourth-order valence-electron chi connectivity index (χ4n) is 9.58. The molecule has 7 atom stereocenters. The number of alkyl halides is 1. The van der Waals surface area contributed by atoms with E-state index in [1.54, 1.807) is 0 Å². The maximum Gasteiger partial charge on any atom is 0.165 e. The van der Waals surface area contributed by atoms with Gasteiger partial charge in [0.2, 0.25) is 0 Å². The number of benzene rings is 1. The molecule has 200 valence electrons. The van der Waals surface area contributed by atoms with Crippen molar-refractivity contribution in [3.05, 3.63) is 23.3 Å². The van der Waals surface area contributed by atoms with Crippen molar-refractivity contribution in [1.29, 1.82) is 0 Å². The van der Waals surface area contributed by atoms with E-state index in [0.29, 0.717) is 11.8 Å². The van der Waals surface area contributed by atoms with Crippen LogP contribution in [0.25, 0.3) is 0 Å². The molecule has 2 N–H and O–H groups in total. The number of methoxy groups -OCH3 is 1. The molecule has 1 saturated heterocycles. The van der Waals surface area contributed by atoms with Crippen LogP contribution in [0.1, 0.15) is 77.3 Å². The third kappa shape index (κ3) is 2.88. The van der Waals surface area contributed by atoms with Crippen molar-refractivity contribution in [1.82, 2.24) is 4.90 Å². The molecule has 4 saturated carbocycles. The zero-order chi connectivity index (χ0) is 25.9. The van der Waals surface area contributed by atoms with Gasteiger partial charge >= 0.3 is 0 Å². The summed E-state index contributed by atoms with van der Waals surface area (Å²) < 4.78 is 13.5. The van der Waals surface area contributed by atoms with Crippen LogP contribution in [0.4, 0.5) is 0 Å². The molecular weight excluding hydrogens is 565 g/mol. The first-order chi connectivity index (χ1) is 17.0. The van der Waals surface area contributed by atoms with Crippen molar-refractivity contribution in [2.24, 2.45) is 22.7 Å². The molecule has 2 spiro atoms. The maximum absolute atomic E-state index is 12.2. The van der Waals surface area contributed by atoms with E-state index in [1.807, 2.05) is 25.0 Å². The van der Waals surface area contributed by atoms with Gasteiger partial charge < -0.3 is 19.7 Å². The summed E-state index contributed by atoms with van der Waals surface area (Å²) in [4.78, 5) is 4.79. The number of halogens is 1. The van der Waals surface area contributed by atoms with Crippen molar-refractivity contribution in [2.45, 2.75) is 101 Å². The van der Waals surface area contributed by atoms with Gasteiger partial charge in [0, 0.05) is 42.0 Å². The quantitative estimate of drug-likeness (QED) is 0.351. The van der Waals surface area contributed by atoms with Gasteiger partial charge in [-0.2, -0.15) is 0 Å². The largest absolute Gasteiger partial charge is 0.504 e. The molecule has 0 unspecified atom stereocenters. The Labute approximate surface area is 230 Å². The van der Waals surface area contributed by atoms with Crippen LogP contribution in [0.5, 0.6) is 11.5 Å². The summed E-state index contributed by atoms with van der Waals surface area (Å²) >= 11 is 2.15. The summed E-state index contributed by atoms with van der Waals surface area (Å²) in [6.07, 6.45) is 7.64. The summed E-state index contributed by atoms with van der Waals surface area (Å²) in [7, 11) is 1.83. The molecule has 2 aliphatic heterocycles. The molecular formula is C30H44INO4. The highest BCUT2D eigenvalue weighted by Gasteiger charge is 2.82. The van der Waals surface area contributed by atoms with Gasteiger partial charge in [-0.15, -0.1) is 0 Å². The number of aliphatic hydroxyl groups is 1. The summed E-state index contributed by atoms with van der Waals surface area (Å²) in [5.74, 6) is 1.80. The van der Waals surface area contributed by atoms with E-state index in [0.717, 1.165) is 44.6 Å². The van der Waals surface area contributed by atoms with Crippen LogP contribution in [0.3, 0.4) is 0 Å². The minimum atomic E-state index is -0.909. The number of ether oxygens (including phenoxy) is 2. The average molecular weight is 610 g/mol. The van der Waals surface area contributed by atoms with Gasteiger partial charge in [-0.1, -0.05) is 49.4 Å². The van der Waals surface area contributed by atoms with Gasteiger partial charge in [0.15, 0.2) is 11.5 Å². The smallest absolute Gasteiger partial charge is 0.165 e. The van der Waals surface area contributed by atoms with Crippen molar-refractivity contribution in [3.8, 4) is 11.5 Å². The third-order valence-electron chi connectivity index (χ3n) is 11.9. The summed E-state index contributed by atoms with van der Waals surface area (Å²) in [5, 5.41) is 23.2. The summed E-state index contributed by atoms with van der Waals surface area (Å²) in [6, 6.07) is 4.46. The summed E-state index contributed by atoms with van der Waals surface area (Å²) in [5.41, 5.74) is 0.783. The van der Waals surface area contributed by atoms with Crippen molar-refractivity contribution in [3.63, 3.8) is 0 Å². The molecule has 6 heteroatoms. The molecule has 5 nitrogen and oxygen atoms in total. The van der Waals surface area contributed by atoms with Gasteiger partial charge in [0.25, 0.3) is 0 Å². The average Bonchev–Trinajstić information content (AvgIpc) is 3.59. The second-order valence-electron chi connectivity index (χ2n) is 13.8. The molecule has 5 aliphatic carbocycles. The highest BCUT2D eigenvalue weighted by molar-refractivity contribution is 14.1. The molecule has 7 aliphatic rings. The molecule has 0 amide bonds. The Morgan fingerprint density at radius 2 is 1.86 bits per heavy atom. The number of aromatic hydroxyl groups is 1. The predicted octanol–water partition coefficient (Wildman–Crippen LogP) is 5.47. The zero-order valence-electron chi connectivity index (χ0n) is 22.9. The van der Waals surface area contributed by atoms with Crippen LogP contribution in [-0.4, -0.2) is 63.6 Å². The van der Waals surface area contributed by atoms with Crippen molar-refractivity contribution < 1.29 is 19.7 Å². The SMILES string of the molecule is CI.CO[C@@]12CC[C@@]3(C[C@@H]1[C@](C)(O)C(C)(C)C)[C@H]1Cc4ccc(O)c5c4[C@@]3(CCN1CC1CC1)[C@H]2O5. The van der Waals surface area contributed by atoms with Crippen LogP contribution in [0.15, 0.2) is 12.1 Å². The topological polar surface area (TPSA) is 62.2 Å². The highest BCUT2D eigenvalue weighted by atomic mass is 127. The normalized spacial score (nSPS) is 41.6. The van der Waals surface area contributed by atoms with E-state index in [9.17, 15) is 10.2 Å². The first-order valence-corrected chi connectivity index (χ1v) is 16.1. The monoisotopic (exact) mass is 609 g/mol. The van der Waals surface area contributed by atoms with E-state index >= 15 is 0 Å². The second kappa shape index (κ2) is 7.98. The number of likely N-dealkylation sites (tertiary alicyclic amines) is 1. The molecule has 0 aromatic heterocycles. The lowest BCUT2D eigenvalue weighted by Gasteiger charge is -2.75. The van der Waals surface area contributed by atoms with E-state index in [-0.39, 0.29) is 34.0 Å². The number of fused-ring (bicyclic) bond motifs is 2. The lowest BCUT2D eigenvalue weighted by atomic mass is 9.33. The fraction of sp³-hybridized carbons (Fsp3) is 0.800. The maximum atomic E-state index is 12.2. The molecule has 1 aromatic rings. The molecule has 5 fully saturated rings. The lowest BCUT2D eigenvalue weighted by Crippen LogP contribution is -2.83. The molecule has 0 radical (unpaired) electrons. The van der Waals surface area contributed by atoms with Crippen LogP contribution in [-0.2, 0) is 16.6 Å². The minimum absolute atomic E-state index is 0.0294. The van der Waals surface area contributed by atoms with Gasteiger partial charge in [0.05, 0.1) is 5.60 Å². The number of hydrogen-bond donors (Lipinski definition) is 2. The Bertz CT molecular complexity index is 1060. The zero-order valence-corrected chi connectivity index (χ0v) is 25.0. The van der Waals surface area contributed by atoms with Gasteiger partial charge in [0.1, 0.15) is 11.7 Å². The van der Waals surface area contributed by atoms with E-state index in [2.05, 4.69) is 54.3 Å². The Morgan fingerprint density at radius 1 is 1.14 bits per heavy atom. The van der Waals surface area contributed by atoms with Crippen LogP contribution < -0.4 is 4.74 Å². The number of rotatable bonds is 4. The first-order valence-electron chi connectivity index (χ1n) is 13.9. The number of nitrogens with zero attached hydrogens (tertiary/aromatic N) is 1. The summed E-state index contributed by atoms with van der Waals surface area (Å²) in [6.45, 7) is 10.8. The van der Waals surface area contributed by atoms with E-state index < -0.39 is 11.2 Å². The van der Waals surface area contributed by atoms with Crippen molar-refractivity contribution >= 4 is 22.6 Å². The Kier molecular flexibility index (Phi) is 5.70. The Hall–Kier alpha value is -0.570. The fourth-order valence-corrected chi connectivity index (χ4v) is 9.58. The predicted molar refractivity (Wildman–Crippen MR) is 150 cm³/mol. The van der Waals surface area contributed by atoms with Gasteiger partial charge in [-0.05, 0) is 86.3 Å².